The van der Waals surface area contributed by atoms with E-state index in [1.807, 2.05) is 30.3 Å². The second-order valence-electron chi connectivity index (χ2n) is 7.84. The van der Waals surface area contributed by atoms with Gasteiger partial charge in [-0.2, -0.15) is 0 Å². The third-order valence-corrected chi connectivity index (χ3v) is 5.33. The molecule has 0 saturated heterocycles. The number of rotatable bonds is 10. The Labute approximate surface area is 196 Å². The molecule has 0 aliphatic rings. The lowest BCUT2D eigenvalue weighted by atomic mass is 10.1. The van der Waals surface area contributed by atoms with E-state index < -0.39 is 17.2 Å². The lowest BCUT2D eigenvalue weighted by Gasteiger charge is -2.26. The van der Waals surface area contributed by atoms with Crippen LogP contribution in [-0.4, -0.2) is 35.7 Å². The number of hydrogen-bond acceptors (Lipinski definition) is 6. The minimum atomic E-state index is -0.694. The maximum Gasteiger partial charge on any atom is 0.330 e. The Bertz CT molecular complexity index is 1260. The molecule has 0 saturated carbocycles. The van der Waals surface area contributed by atoms with Gasteiger partial charge in [0.25, 0.3) is 5.56 Å². The van der Waals surface area contributed by atoms with Crippen LogP contribution in [0.5, 0.6) is 0 Å². The number of benzene rings is 2. The Morgan fingerprint density at radius 1 is 1.18 bits per heavy atom. The molecule has 9 nitrogen and oxygen atoms in total. The molecule has 34 heavy (non-hydrogen) atoms. The Morgan fingerprint density at radius 3 is 2.59 bits per heavy atom. The van der Waals surface area contributed by atoms with Crippen LogP contribution in [-0.2, 0) is 29.2 Å². The van der Waals surface area contributed by atoms with Crippen molar-refractivity contribution in [3.05, 3.63) is 91.9 Å². The van der Waals surface area contributed by atoms with Gasteiger partial charge in [-0.25, -0.2) is 9.18 Å². The molecule has 0 atom stereocenters. The van der Waals surface area contributed by atoms with Crippen molar-refractivity contribution in [2.45, 2.75) is 26.6 Å². The molecule has 0 aliphatic carbocycles. The number of aryl methyl sites for hydroxylation is 1. The number of carbonyl (C=O) groups is 1. The predicted octanol–water partition coefficient (Wildman–Crippen LogP) is 1.54. The highest BCUT2D eigenvalue weighted by atomic mass is 19.1. The summed E-state index contributed by atoms with van der Waals surface area (Å²) >= 11 is 0. The first-order valence-electron chi connectivity index (χ1n) is 10.7. The van der Waals surface area contributed by atoms with Gasteiger partial charge in [0, 0.05) is 20.2 Å². The zero-order valence-corrected chi connectivity index (χ0v) is 19.1. The van der Waals surface area contributed by atoms with E-state index in [0.717, 1.165) is 5.56 Å². The number of carbonyl (C=O) groups excluding carboxylic acids is 1. The van der Waals surface area contributed by atoms with Crippen LogP contribution in [0.15, 0.2) is 58.1 Å². The minimum Gasteiger partial charge on any atom is -0.383 e. The Morgan fingerprint density at radius 2 is 1.91 bits per heavy atom. The van der Waals surface area contributed by atoms with Crippen LogP contribution in [0.4, 0.5) is 15.9 Å². The molecule has 2 aromatic carbocycles. The van der Waals surface area contributed by atoms with E-state index in [4.69, 9.17) is 10.5 Å². The fraction of sp³-hybridized carbons (Fsp3) is 0.292. The predicted molar refractivity (Wildman–Crippen MR) is 128 cm³/mol. The van der Waals surface area contributed by atoms with Gasteiger partial charge in [-0.15, -0.1) is 0 Å². The second kappa shape index (κ2) is 11.3. The van der Waals surface area contributed by atoms with Crippen molar-refractivity contribution in [2.75, 3.05) is 30.9 Å². The van der Waals surface area contributed by atoms with Gasteiger partial charge in [-0.1, -0.05) is 42.5 Å². The number of aromatic amines is 1. The number of hydrogen-bond donors (Lipinski definition) is 3. The number of nitrogens with two attached hydrogens (primary N) is 1. The van der Waals surface area contributed by atoms with Gasteiger partial charge >= 0.3 is 5.69 Å². The lowest BCUT2D eigenvalue weighted by Crippen LogP contribution is -2.42. The van der Waals surface area contributed by atoms with E-state index in [-0.39, 0.29) is 50.1 Å². The molecular weight excluding hydrogens is 441 g/mol. The fourth-order valence-electron chi connectivity index (χ4n) is 3.48. The Hall–Kier alpha value is -3.92. The Balaban J connectivity index is 1.88. The second-order valence-corrected chi connectivity index (χ2v) is 7.84. The van der Waals surface area contributed by atoms with E-state index in [0.29, 0.717) is 11.1 Å². The number of H-pyrrole nitrogens is 1. The van der Waals surface area contributed by atoms with Crippen molar-refractivity contribution >= 4 is 17.4 Å². The average molecular weight is 470 g/mol. The maximum absolute atomic E-state index is 13.8. The molecule has 0 fully saturated rings. The zero-order chi connectivity index (χ0) is 24.7. The van der Waals surface area contributed by atoms with Gasteiger partial charge in [0.2, 0.25) is 5.91 Å². The summed E-state index contributed by atoms with van der Waals surface area (Å²) in [4.78, 5) is 41.6. The summed E-state index contributed by atoms with van der Waals surface area (Å²) in [6.07, 6.45) is 0. The summed E-state index contributed by atoms with van der Waals surface area (Å²) in [6.45, 7) is 2.11. The number of nitrogens with zero attached hydrogens (tertiary/aromatic N) is 2. The van der Waals surface area contributed by atoms with Gasteiger partial charge in [0.15, 0.2) is 0 Å². The summed E-state index contributed by atoms with van der Waals surface area (Å²) in [5.41, 5.74) is 6.84. The molecule has 0 spiro atoms. The standard InChI is InChI=1S/C24H28FN5O4/c1-16-8-9-18(12-19(16)25)13-27-20(31)15-29(14-17-6-4-3-5-7-17)21-22(26)30(10-11-34-2)24(33)28-23(21)32/h3-9,12H,10-11,13-15,26H2,1-2H3,(H,27,31)(H,28,32,33). The van der Waals surface area contributed by atoms with Crippen molar-refractivity contribution in [3.63, 3.8) is 0 Å². The van der Waals surface area contributed by atoms with Gasteiger partial charge in [-0.3, -0.25) is 19.1 Å². The molecule has 3 rings (SSSR count). The number of nitrogen functional groups attached to an aromatic ring is 1. The molecular formula is C24H28FN5O4. The van der Waals surface area contributed by atoms with E-state index in [1.54, 1.807) is 19.1 Å². The molecule has 0 radical (unpaired) electrons. The molecule has 10 heteroatoms. The number of ether oxygens (including phenoxy) is 1. The first-order valence-corrected chi connectivity index (χ1v) is 10.7. The molecule has 0 unspecified atom stereocenters. The topological polar surface area (TPSA) is 122 Å². The van der Waals surface area contributed by atoms with E-state index >= 15 is 0 Å². The highest BCUT2D eigenvalue weighted by molar-refractivity contribution is 5.82. The smallest absolute Gasteiger partial charge is 0.330 e. The fourth-order valence-corrected chi connectivity index (χ4v) is 3.48. The molecule has 4 N–H and O–H groups in total. The van der Waals surface area contributed by atoms with Crippen molar-refractivity contribution in [3.8, 4) is 0 Å². The van der Waals surface area contributed by atoms with Gasteiger partial charge in [-0.05, 0) is 29.7 Å². The van der Waals surface area contributed by atoms with Crippen molar-refractivity contribution in [1.29, 1.82) is 0 Å². The highest BCUT2D eigenvalue weighted by Gasteiger charge is 2.21. The van der Waals surface area contributed by atoms with Crippen molar-refractivity contribution in [2.24, 2.45) is 0 Å². The monoisotopic (exact) mass is 469 g/mol. The first-order chi connectivity index (χ1) is 16.3. The number of methoxy groups -OCH3 is 1. The first kappa shape index (κ1) is 24.7. The molecule has 1 heterocycles. The highest BCUT2D eigenvalue weighted by Crippen LogP contribution is 2.19. The summed E-state index contributed by atoms with van der Waals surface area (Å²) in [5, 5.41) is 2.74. The number of halogens is 1. The molecule has 0 aliphatic heterocycles. The van der Waals surface area contributed by atoms with Crippen LogP contribution < -0.4 is 27.2 Å². The molecule has 1 aromatic heterocycles. The summed E-state index contributed by atoms with van der Waals surface area (Å²) < 4.78 is 20.0. The molecule has 180 valence electrons. The lowest BCUT2D eigenvalue weighted by molar-refractivity contribution is -0.119. The van der Waals surface area contributed by atoms with Crippen LogP contribution in [0, 0.1) is 12.7 Å². The van der Waals surface area contributed by atoms with Gasteiger partial charge in [0.05, 0.1) is 19.7 Å². The van der Waals surface area contributed by atoms with Crippen molar-refractivity contribution in [1.82, 2.24) is 14.9 Å². The molecule has 3 aromatic rings. The average Bonchev–Trinajstić information content (AvgIpc) is 2.80. The third kappa shape index (κ3) is 6.10. The molecule has 0 bridgehead atoms. The van der Waals surface area contributed by atoms with E-state index in [1.165, 1.54) is 22.6 Å². The minimum absolute atomic E-state index is 0.0103. The summed E-state index contributed by atoms with van der Waals surface area (Å²) in [5.74, 6) is -0.810. The molecule has 1 amide bonds. The SMILES string of the molecule is COCCn1c(N)c(N(CC(=O)NCc2ccc(C)c(F)c2)Cc2ccccc2)c(=O)[nH]c1=O. The van der Waals surface area contributed by atoms with E-state index in [2.05, 4.69) is 10.3 Å². The van der Waals surface area contributed by atoms with Gasteiger partial charge in [0.1, 0.15) is 17.3 Å². The van der Waals surface area contributed by atoms with Gasteiger partial charge < -0.3 is 20.7 Å². The third-order valence-electron chi connectivity index (χ3n) is 5.33. The quantitative estimate of drug-likeness (QED) is 0.414. The van der Waals surface area contributed by atoms with Crippen LogP contribution >= 0.6 is 0 Å². The normalized spacial score (nSPS) is 10.8. The van der Waals surface area contributed by atoms with Crippen LogP contribution in [0.3, 0.4) is 0 Å². The number of aromatic nitrogens is 2. The zero-order valence-electron chi connectivity index (χ0n) is 19.1. The van der Waals surface area contributed by atoms with Crippen molar-refractivity contribution < 1.29 is 13.9 Å². The summed E-state index contributed by atoms with van der Waals surface area (Å²) in [7, 11) is 1.49. The van der Waals surface area contributed by atoms with E-state index in [9.17, 15) is 18.8 Å². The Kier molecular flexibility index (Phi) is 8.20. The largest absolute Gasteiger partial charge is 0.383 e. The summed E-state index contributed by atoms with van der Waals surface area (Å²) in [6, 6.07) is 14.0. The van der Waals surface area contributed by atoms with Crippen LogP contribution in [0.25, 0.3) is 0 Å². The number of nitrogens with one attached hydrogen (secondary N) is 2. The number of anilines is 2. The number of amides is 1. The maximum atomic E-state index is 13.8. The van der Waals surface area contributed by atoms with Crippen LogP contribution in [0.2, 0.25) is 0 Å². The van der Waals surface area contributed by atoms with Crippen LogP contribution in [0.1, 0.15) is 16.7 Å².